The van der Waals surface area contributed by atoms with E-state index in [4.69, 9.17) is 0 Å². The van der Waals surface area contributed by atoms with Gasteiger partial charge in [-0.05, 0) is 18.1 Å². The van der Waals surface area contributed by atoms with Crippen molar-refractivity contribution < 1.29 is 22.7 Å². The van der Waals surface area contributed by atoms with Crippen LogP contribution in [0.2, 0.25) is 0 Å². The molecule has 1 aliphatic heterocycles. The molecule has 0 fully saturated rings. The van der Waals surface area contributed by atoms with E-state index < -0.39 is 29.6 Å². The minimum Gasteiger partial charge on any atom is -0.467 e. The number of rotatable bonds is 3. The van der Waals surface area contributed by atoms with Crippen molar-refractivity contribution in [2.45, 2.75) is 31.6 Å². The SMILES string of the molecule is COC(=O)[C@@H]1CCc2nn(Cc3ccc(C(F)(F)F)nc3)c(=O)n21. The number of carbonyl (C=O) groups is 1. The van der Waals surface area contributed by atoms with Crippen LogP contribution in [0, 0.1) is 0 Å². The van der Waals surface area contributed by atoms with Crippen molar-refractivity contribution in [2.24, 2.45) is 0 Å². The van der Waals surface area contributed by atoms with Crippen LogP contribution in [-0.2, 0) is 28.7 Å². The summed E-state index contributed by atoms with van der Waals surface area (Å²) in [5, 5.41) is 4.13. The van der Waals surface area contributed by atoms with Gasteiger partial charge in [-0.25, -0.2) is 14.3 Å². The first-order valence-corrected chi connectivity index (χ1v) is 7.09. The number of pyridine rings is 1. The standard InChI is InChI=1S/C14H13F3N4O3/c1-24-12(22)9-3-5-11-19-20(13(23)21(9)11)7-8-2-4-10(18-6-8)14(15,16)17/h2,4,6,9H,3,5,7H2,1H3/t9-/m0/s1. The number of aromatic nitrogens is 4. The van der Waals surface area contributed by atoms with Gasteiger partial charge in [0, 0.05) is 12.6 Å². The van der Waals surface area contributed by atoms with Crippen LogP contribution in [0.1, 0.15) is 29.5 Å². The third-order valence-corrected chi connectivity index (χ3v) is 3.81. The largest absolute Gasteiger partial charge is 0.467 e. The molecule has 0 saturated carbocycles. The minimum absolute atomic E-state index is 0.0299. The van der Waals surface area contributed by atoms with Crippen molar-refractivity contribution in [3.63, 3.8) is 0 Å². The minimum atomic E-state index is -4.52. The first-order valence-electron chi connectivity index (χ1n) is 7.09. The third kappa shape index (κ3) is 2.79. The summed E-state index contributed by atoms with van der Waals surface area (Å²) in [4.78, 5) is 27.4. The number of nitrogens with zero attached hydrogens (tertiary/aromatic N) is 4. The summed E-state index contributed by atoms with van der Waals surface area (Å²) < 4.78 is 44.5. The van der Waals surface area contributed by atoms with E-state index in [1.54, 1.807) is 0 Å². The molecule has 0 spiro atoms. The van der Waals surface area contributed by atoms with Gasteiger partial charge in [-0.2, -0.15) is 18.3 Å². The zero-order valence-corrected chi connectivity index (χ0v) is 12.6. The lowest BCUT2D eigenvalue weighted by Gasteiger charge is -2.09. The maximum Gasteiger partial charge on any atom is 0.433 e. The van der Waals surface area contributed by atoms with E-state index in [2.05, 4.69) is 14.8 Å². The van der Waals surface area contributed by atoms with E-state index >= 15 is 0 Å². The summed E-state index contributed by atoms with van der Waals surface area (Å²) >= 11 is 0. The fourth-order valence-electron chi connectivity index (χ4n) is 2.66. The van der Waals surface area contributed by atoms with Gasteiger partial charge in [0.1, 0.15) is 17.6 Å². The van der Waals surface area contributed by atoms with E-state index in [9.17, 15) is 22.8 Å². The maximum absolute atomic E-state index is 12.5. The number of carbonyl (C=O) groups excluding carboxylic acids is 1. The number of aryl methyl sites for hydroxylation is 1. The molecule has 7 nitrogen and oxygen atoms in total. The molecule has 10 heteroatoms. The van der Waals surface area contributed by atoms with Crippen LogP contribution >= 0.6 is 0 Å². The molecule has 0 radical (unpaired) electrons. The highest BCUT2D eigenvalue weighted by Crippen LogP contribution is 2.27. The zero-order chi connectivity index (χ0) is 17.5. The van der Waals surface area contributed by atoms with E-state index in [-0.39, 0.29) is 6.54 Å². The summed E-state index contributed by atoms with van der Waals surface area (Å²) in [6, 6.07) is 1.38. The van der Waals surface area contributed by atoms with Gasteiger partial charge < -0.3 is 4.74 Å². The summed E-state index contributed by atoms with van der Waals surface area (Å²) in [6.07, 6.45) is -2.57. The number of esters is 1. The van der Waals surface area contributed by atoms with Crippen molar-refractivity contribution in [2.75, 3.05) is 7.11 Å². The molecule has 2 aromatic heterocycles. The van der Waals surface area contributed by atoms with Gasteiger partial charge in [0.05, 0.1) is 13.7 Å². The van der Waals surface area contributed by atoms with Gasteiger partial charge in [-0.15, -0.1) is 0 Å². The Morgan fingerprint density at radius 3 is 2.75 bits per heavy atom. The number of ether oxygens (including phenoxy) is 1. The number of alkyl halides is 3. The van der Waals surface area contributed by atoms with Crippen molar-refractivity contribution in [1.82, 2.24) is 19.3 Å². The Kier molecular flexibility index (Phi) is 3.90. The van der Waals surface area contributed by atoms with E-state index in [1.807, 2.05) is 0 Å². The van der Waals surface area contributed by atoms with Crippen LogP contribution in [-0.4, -0.2) is 32.4 Å². The molecular formula is C14H13F3N4O3. The monoisotopic (exact) mass is 342 g/mol. The van der Waals surface area contributed by atoms with Crippen molar-refractivity contribution >= 4 is 5.97 Å². The Morgan fingerprint density at radius 2 is 2.17 bits per heavy atom. The molecule has 0 unspecified atom stereocenters. The molecule has 0 bridgehead atoms. The van der Waals surface area contributed by atoms with E-state index in [0.717, 1.165) is 16.9 Å². The van der Waals surface area contributed by atoms with Gasteiger partial charge in [0.25, 0.3) is 0 Å². The van der Waals surface area contributed by atoms with Crippen molar-refractivity contribution in [3.8, 4) is 0 Å². The van der Waals surface area contributed by atoms with Gasteiger partial charge >= 0.3 is 17.8 Å². The van der Waals surface area contributed by atoms with Crippen LogP contribution in [0.25, 0.3) is 0 Å². The van der Waals surface area contributed by atoms with Crippen LogP contribution in [0.3, 0.4) is 0 Å². The molecule has 0 aliphatic carbocycles. The molecule has 3 rings (SSSR count). The Morgan fingerprint density at radius 1 is 1.42 bits per heavy atom. The third-order valence-electron chi connectivity index (χ3n) is 3.81. The number of hydrogen-bond donors (Lipinski definition) is 0. The predicted octanol–water partition coefficient (Wildman–Crippen LogP) is 1.17. The first kappa shape index (κ1) is 16.2. The van der Waals surface area contributed by atoms with E-state index in [1.165, 1.54) is 17.7 Å². The topological polar surface area (TPSA) is 79.0 Å². The Hall–Kier alpha value is -2.65. The average molecular weight is 342 g/mol. The second-order valence-corrected chi connectivity index (χ2v) is 5.35. The highest BCUT2D eigenvalue weighted by molar-refractivity contribution is 5.74. The molecular weight excluding hydrogens is 329 g/mol. The molecule has 1 aliphatic rings. The maximum atomic E-state index is 12.5. The molecule has 0 aromatic carbocycles. The van der Waals surface area contributed by atoms with Gasteiger partial charge in [0.15, 0.2) is 0 Å². The quantitative estimate of drug-likeness (QED) is 0.783. The second-order valence-electron chi connectivity index (χ2n) is 5.35. The highest BCUT2D eigenvalue weighted by Gasteiger charge is 2.34. The average Bonchev–Trinajstić information content (AvgIpc) is 3.08. The smallest absolute Gasteiger partial charge is 0.433 e. The molecule has 1 atom stereocenters. The number of halogens is 3. The Labute approximate surface area is 133 Å². The summed E-state index contributed by atoms with van der Waals surface area (Å²) in [5.74, 6) is -0.0677. The predicted molar refractivity (Wildman–Crippen MR) is 74.2 cm³/mol. The molecule has 3 heterocycles. The van der Waals surface area contributed by atoms with Gasteiger partial charge in [-0.3, -0.25) is 9.55 Å². The van der Waals surface area contributed by atoms with E-state index in [0.29, 0.717) is 24.2 Å². The summed E-state index contributed by atoms with van der Waals surface area (Å²) in [6.45, 7) is -0.0299. The van der Waals surface area contributed by atoms with Crippen LogP contribution < -0.4 is 5.69 Å². The van der Waals surface area contributed by atoms with Gasteiger partial charge in [0.2, 0.25) is 0 Å². The summed E-state index contributed by atoms with van der Waals surface area (Å²) in [5.41, 5.74) is -1.11. The van der Waals surface area contributed by atoms with Gasteiger partial charge in [-0.1, -0.05) is 6.07 Å². The molecule has 128 valence electrons. The molecule has 24 heavy (non-hydrogen) atoms. The Balaban J connectivity index is 1.85. The number of fused-ring (bicyclic) bond motifs is 1. The van der Waals surface area contributed by atoms with Crippen molar-refractivity contribution in [3.05, 3.63) is 45.9 Å². The molecule has 0 N–H and O–H groups in total. The molecule has 0 saturated heterocycles. The highest BCUT2D eigenvalue weighted by atomic mass is 19.4. The second kappa shape index (κ2) is 5.77. The fraction of sp³-hybridized carbons (Fsp3) is 0.429. The first-order chi connectivity index (χ1) is 11.3. The van der Waals surface area contributed by atoms with Crippen LogP contribution in [0.4, 0.5) is 13.2 Å². The van der Waals surface area contributed by atoms with Crippen molar-refractivity contribution in [1.29, 1.82) is 0 Å². The normalized spacial score (nSPS) is 16.9. The molecule has 0 amide bonds. The molecule has 2 aromatic rings. The number of hydrogen-bond acceptors (Lipinski definition) is 5. The lowest BCUT2D eigenvalue weighted by atomic mass is 10.2. The fourth-order valence-corrected chi connectivity index (χ4v) is 2.66. The lowest BCUT2D eigenvalue weighted by molar-refractivity contribution is -0.144. The summed E-state index contributed by atoms with van der Waals surface area (Å²) in [7, 11) is 1.24. The Bertz CT molecular complexity index is 823. The number of methoxy groups -OCH3 is 1. The van der Waals surface area contributed by atoms with Crippen LogP contribution in [0.15, 0.2) is 23.1 Å². The zero-order valence-electron chi connectivity index (χ0n) is 12.6. The van der Waals surface area contributed by atoms with Crippen LogP contribution in [0.5, 0.6) is 0 Å². The lowest BCUT2D eigenvalue weighted by Crippen LogP contribution is -2.31.